The predicted molar refractivity (Wildman–Crippen MR) is 56.9 cm³/mol. The van der Waals surface area contributed by atoms with E-state index in [1.54, 1.807) is 19.1 Å². The number of aryl methyl sites for hydroxylation is 1. The van der Waals surface area contributed by atoms with Crippen LogP contribution in [0.4, 0.5) is 0 Å². The lowest BCUT2D eigenvalue weighted by Gasteiger charge is -2.11. The van der Waals surface area contributed by atoms with Gasteiger partial charge < -0.3 is 4.52 Å². The standard InChI is InChI=1S/C9H12ClO3P/c1-3-12-14(10,11)13-9-6-4-8(2)5-7-9/h4-7H,3H2,1-2H3/t14-/m1/s1. The van der Waals surface area contributed by atoms with Crippen LogP contribution in [-0.2, 0) is 9.09 Å². The molecule has 0 N–H and O–H groups in total. The van der Waals surface area contributed by atoms with Gasteiger partial charge >= 0.3 is 6.95 Å². The third kappa shape index (κ3) is 3.70. The van der Waals surface area contributed by atoms with Gasteiger partial charge in [0.05, 0.1) is 6.61 Å². The Bertz CT molecular complexity index is 336. The first kappa shape index (κ1) is 11.6. The van der Waals surface area contributed by atoms with E-state index in [4.69, 9.17) is 20.3 Å². The summed E-state index contributed by atoms with van der Waals surface area (Å²) in [5.41, 5.74) is 1.10. The number of halogens is 1. The Balaban J connectivity index is 2.69. The van der Waals surface area contributed by atoms with E-state index >= 15 is 0 Å². The highest BCUT2D eigenvalue weighted by Gasteiger charge is 2.21. The maximum Gasteiger partial charge on any atom is 0.476 e. The zero-order chi connectivity index (χ0) is 10.6. The highest BCUT2D eigenvalue weighted by Crippen LogP contribution is 2.53. The molecule has 0 radical (unpaired) electrons. The fourth-order valence-electron chi connectivity index (χ4n) is 0.906. The van der Waals surface area contributed by atoms with Gasteiger partial charge in [0.15, 0.2) is 0 Å². The minimum atomic E-state index is -3.46. The lowest BCUT2D eigenvalue weighted by Crippen LogP contribution is -1.92. The van der Waals surface area contributed by atoms with Crippen molar-refractivity contribution in [2.75, 3.05) is 6.61 Å². The lowest BCUT2D eigenvalue weighted by atomic mass is 10.2. The summed E-state index contributed by atoms with van der Waals surface area (Å²) >= 11 is 5.52. The Morgan fingerprint density at radius 2 is 1.93 bits per heavy atom. The molecule has 3 nitrogen and oxygen atoms in total. The van der Waals surface area contributed by atoms with Gasteiger partial charge in [-0.1, -0.05) is 17.7 Å². The summed E-state index contributed by atoms with van der Waals surface area (Å²) in [6.45, 7) is 0.452. The van der Waals surface area contributed by atoms with Crippen LogP contribution < -0.4 is 4.52 Å². The van der Waals surface area contributed by atoms with E-state index in [-0.39, 0.29) is 6.61 Å². The lowest BCUT2D eigenvalue weighted by molar-refractivity contribution is 0.295. The molecule has 0 aliphatic carbocycles. The summed E-state index contributed by atoms with van der Waals surface area (Å²) in [6.07, 6.45) is 0. The molecule has 0 aliphatic rings. The van der Waals surface area contributed by atoms with E-state index in [1.165, 1.54) is 0 Å². The molecule has 1 aromatic rings. The van der Waals surface area contributed by atoms with Crippen LogP contribution in [0.2, 0.25) is 0 Å². The van der Waals surface area contributed by atoms with Crippen molar-refractivity contribution in [3.05, 3.63) is 29.8 Å². The summed E-state index contributed by atoms with van der Waals surface area (Å²) in [4.78, 5) is 0. The molecule has 1 rings (SSSR count). The summed E-state index contributed by atoms with van der Waals surface area (Å²) in [5.74, 6) is 0.447. The van der Waals surface area contributed by atoms with Crippen LogP contribution in [0.1, 0.15) is 12.5 Å². The molecule has 0 heterocycles. The maximum atomic E-state index is 11.4. The van der Waals surface area contributed by atoms with Gasteiger partial charge in [0.1, 0.15) is 5.75 Å². The summed E-state index contributed by atoms with van der Waals surface area (Å²) in [5, 5.41) is 0. The SMILES string of the molecule is CCO[P@](=O)(Cl)Oc1ccc(C)cc1. The molecule has 0 aromatic heterocycles. The number of hydrogen-bond donors (Lipinski definition) is 0. The Hall–Kier alpha value is -0.500. The van der Waals surface area contributed by atoms with Gasteiger partial charge in [-0.2, -0.15) is 0 Å². The van der Waals surface area contributed by atoms with Crippen LogP contribution in [0.25, 0.3) is 0 Å². The van der Waals surface area contributed by atoms with E-state index in [9.17, 15) is 4.57 Å². The summed E-state index contributed by atoms with van der Waals surface area (Å²) < 4.78 is 21.1. The third-order valence-corrected chi connectivity index (χ3v) is 3.01. The van der Waals surface area contributed by atoms with Crippen molar-refractivity contribution in [3.63, 3.8) is 0 Å². The Morgan fingerprint density at radius 1 is 1.36 bits per heavy atom. The van der Waals surface area contributed by atoms with Gasteiger partial charge in [0.25, 0.3) is 0 Å². The van der Waals surface area contributed by atoms with Gasteiger partial charge in [-0.25, -0.2) is 4.57 Å². The number of rotatable bonds is 4. The second-order valence-corrected chi connectivity index (χ2v) is 5.30. The molecule has 0 unspecified atom stereocenters. The highest BCUT2D eigenvalue weighted by molar-refractivity contribution is 7.81. The molecular weight excluding hydrogens is 223 g/mol. The van der Waals surface area contributed by atoms with Crippen molar-refractivity contribution in [1.29, 1.82) is 0 Å². The average Bonchev–Trinajstić information content (AvgIpc) is 2.08. The quantitative estimate of drug-likeness (QED) is 0.744. The minimum absolute atomic E-state index is 0.257. The van der Waals surface area contributed by atoms with Crippen LogP contribution in [0, 0.1) is 6.92 Å². The number of benzene rings is 1. The van der Waals surface area contributed by atoms with Gasteiger partial charge in [0, 0.05) is 11.2 Å². The predicted octanol–water partition coefficient (Wildman–Crippen LogP) is 3.76. The van der Waals surface area contributed by atoms with Crippen LogP contribution in [0.5, 0.6) is 5.75 Å². The molecule has 0 fully saturated rings. The van der Waals surface area contributed by atoms with Gasteiger partial charge in [0.2, 0.25) is 0 Å². The summed E-state index contributed by atoms with van der Waals surface area (Å²) in [7, 11) is 0. The molecular formula is C9H12ClO3P. The Kier molecular flexibility index (Phi) is 3.99. The smallest absolute Gasteiger partial charge is 0.413 e. The fourth-order valence-corrected chi connectivity index (χ4v) is 2.17. The summed E-state index contributed by atoms with van der Waals surface area (Å²) in [6, 6.07) is 7.09. The fraction of sp³-hybridized carbons (Fsp3) is 0.333. The number of hydrogen-bond acceptors (Lipinski definition) is 3. The normalized spacial score (nSPS) is 14.8. The third-order valence-electron chi connectivity index (χ3n) is 1.52. The molecule has 0 saturated heterocycles. The molecule has 0 amide bonds. The molecule has 0 bridgehead atoms. The largest absolute Gasteiger partial charge is 0.476 e. The first-order valence-electron chi connectivity index (χ1n) is 4.24. The van der Waals surface area contributed by atoms with E-state index in [2.05, 4.69) is 0 Å². The topological polar surface area (TPSA) is 35.5 Å². The zero-order valence-electron chi connectivity index (χ0n) is 8.07. The average molecular weight is 235 g/mol. The van der Waals surface area contributed by atoms with Gasteiger partial charge in [-0.15, -0.1) is 0 Å². The first-order chi connectivity index (χ1) is 6.53. The van der Waals surface area contributed by atoms with E-state index in [1.807, 2.05) is 19.1 Å². The van der Waals surface area contributed by atoms with Crippen molar-refractivity contribution >= 4 is 18.2 Å². The molecule has 1 atom stereocenters. The van der Waals surface area contributed by atoms with Crippen molar-refractivity contribution < 1.29 is 13.6 Å². The van der Waals surface area contributed by atoms with Crippen molar-refractivity contribution in [1.82, 2.24) is 0 Å². The first-order valence-corrected chi connectivity index (χ1v) is 6.69. The van der Waals surface area contributed by atoms with Crippen LogP contribution in [-0.4, -0.2) is 6.61 Å². The molecule has 5 heteroatoms. The van der Waals surface area contributed by atoms with E-state index < -0.39 is 6.95 Å². The van der Waals surface area contributed by atoms with Crippen LogP contribution in [0.3, 0.4) is 0 Å². The molecule has 0 aliphatic heterocycles. The van der Waals surface area contributed by atoms with Crippen LogP contribution >= 0.6 is 18.2 Å². The van der Waals surface area contributed by atoms with Gasteiger partial charge in [-0.3, -0.25) is 4.52 Å². The Morgan fingerprint density at radius 3 is 2.43 bits per heavy atom. The van der Waals surface area contributed by atoms with Crippen LogP contribution in [0.15, 0.2) is 24.3 Å². The molecule has 78 valence electrons. The van der Waals surface area contributed by atoms with Crippen molar-refractivity contribution in [2.24, 2.45) is 0 Å². The maximum absolute atomic E-state index is 11.4. The highest BCUT2D eigenvalue weighted by atomic mass is 35.7. The second kappa shape index (κ2) is 4.83. The molecule has 0 spiro atoms. The van der Waals surface area contributed by atoms with Crippen molar-refractivity contribution in [2.45, 2.75) is 13.8 Å². The Labute approximate surface area is 88.3 Å². The minimum Gasteiger partial charge on any atom is -0.413 e. The monoisotopic (exact) mass is 234 g/mol. The zero-order valence-corrected chi connectivity index (χ0v) is 9.72. The molecule has 14 heavy (non-hydrogen) atoms. The van der Waals surface area contributed by atoms with E-state index in [0.29, 0.717) is 5.75 Å². The molecule has 1 aromatic carbocycles. The second-order valence-electron chi connectivity index (χ2n) is 2.75. The van der Waals surface area contributed by atoms with Crippen molar-refractivity contribution in [3.8, 4) is 5.75 Å². The van der Waals surface area contributed by atoms with E-state index in [0.717, 1.165) is 5.56 Å². The van der Waals surface area contributed by atoms with Gasteiger partial charge in [-0.05, 0) is 26.0 Å². The molecule has 0 saturated carbocycles.